The summed E-state index contributed by atoms with van der Waals surface area (Å²) >= 11 is 0. The maximum absolute atomic E-state index is 10.1. The van der Waals surface area contributed by atoms with Crippen LogP contribution in [0.4, 0.5) is 0 Å². The highest BCUT2D eigenvalue weighted by atomic mass is 16.7. The second-order valence-electron chi connectivity index (χ2n) is 7.01. The van der Waals surface area contributed by atoms with E-state index in [1.54, 1.807) is 14.2 Å². The third kappa shape index (κ3) is 6.54. The number of allylic oxidation sites excluding steroid dienone is 1. The van der Waals surface area contributed by atoms with Crippen LogP contribution in [0.25, 0.3) is 0 Å². The molecule has 0 aromatic rings. The molecule has 0 spiro atoms. The molecule has 1 aliphatic heterocycles. The molecule has 0 amide bonds. The van der Waals surface area contributed by atoms with Gasteiger partial charge in [-0.15, -0.1) is 0 Å². The summed E-state index contributed by atoms with van der Waals surface area (Å²) in [5.41, 5.74) is 1.27. The van der Waals surface area contributed by atoms with Crippen molar-refractivity contribution in [1.82, 2.24) is 0 Å². The van der Waals surface area contributed by atoms with E-state index >= 15 is 0 Å². The number of rotatable bonds is 9. The summed E-state index contributed by atoms with van der Waals surface area (Å²) in [5.74, 6) is -0.295. The van der Waals surface area contributed by atoms with Crippen LogP contribution in [0.15, 0.2) is 11.6 Å². The van der Waals surface area contributed by atoms with Gasteiger partial charge in [-0.2, -0.15) is 0 Å². The quantitative estimate of drug-likeness (QED) is 0.512. The summed E-state index contributed by atoms with van der Waals surface area (Å²) in [7, 11) is 3.44. The number of hydrogen-bond donors (Lipinski definition) is 1. The molecule has 0 bridgehead atoms. The number of aliphatic hydroxyl groups is 1. The summed E-state index contributed by atoms with van der Waals surface area (Å²) in [4.78, 5) is 0. The smallest absolute Gasteiger partial charge is 0.173 e. The highest BCUT2D eigenvalue weighted by molar-refractivity contribution is 4.97. The Morgan fingerprint density at radius 1 is 1.30 bits per heavy atom. The van der Waals surface area contributed by atoms with Crippen LogP contribution >= 0.6 is 0 Å². The number of hydrogen-bond acceptors (Lipinski definition) is 4. The molecule has 1 heterocycles. The summed E-state index contributed by atoms with van der Waals surface area (Å²) in [6, 6.07) is 0. The maximum atomic E-state index is 10.1. The van der Waals surface area contributed by atoms with Crippen molar-refractivity contribution >= 4 is 0 Å². The molecular formula is C19H36O4. The van der Waals surface area contributed by atoms with E-state index in [0.29, 0.717) is 0 Å². The van der Waals surface area contributed by atoms with Crippen molar-refractivity contribution in [3.05, 3.63) is 11.6 Å². The molecule has 0 saturated carbocycles. The van der Waals surface area contributed by atoms with Gasteiger partial charge in [0.15, 0.2) is 5.79 Å². The summed E-state index contributed by atoms with van der Waals surface area (Å²) in [5, 5.41) is 10.1. The lowest BCUT2D eigenvalue weighted by Gasteiger charge is -2.36. The van der Waals surface area contributed by atoms with Crippen LogP contribution in [0.1, 0.15) is 65.7 Å². The first-order valence-corrected chi connectivity index (χ1v) is 8.98. The predicted molar refractivity (Wildman–Crippen MR) is 93.4 cm³/mol. The lowest BCUT2D eigenvalue weighted by atomic mass is 9.90. The molecule has 23 heavy (non-hydrogen) atoms. The van der Waals surface area contributed by atoms with E-state index in [0.717, 1.165) is 51.6 Å². The zero-order valence-electron chi connectivity index (χ0n) is 15.6. The van der Waals surface area contributed by atoms with Crippen molar-refractivity contribution in [2.24, 2.45) is 5.92 Å². The maximum Gasteiger partial charge on any atom is 0.173 e. The normalized spacial score (nSPS) is 24.1. The minimum atomic E-state index is -0.569. The molecule has 1 N–H and O–H groups in total. The molecule has 0 radical (unpaired) electrons. The monoisotopic (exact) mass is 328 g/mol. The van der Waals surface area contributed by atoms with E-state index in [1.807, 2.05) is 0 Å². The fraction of sp³-hybridized carbons (Fsp3) is 0.895. The Morgan fingerprint density at radius 2 is 2.00 bits per heavy atom. The van der Waals surface area contributed by atoms with E-state index in [9.17, 15) is 5.11 Å². The number of methoxy groups -OCH3 is 2. The minimum Gasteiger partial charge on any atom is -0.390 e. The van der Waals surface area contributed by atoms with Crippen LogP contribution in [0, 0.1) is 5.92 Å². The zero-order chi connectivity index (χ0) is 17.3. The molecule has 136 valence electrons. The van der Waals surface area contributed by atoms with Gasteiger partial charge < -0.3 is 19.3 Å². The average molecular weight is 328 g/mol. The topological polar surface area (TPSA) is 47.9 Å². The minimum absolute atomic E-state index is 0.0121. The molecule has 0 aliphatic carbocycles. The summed E-state index contributed by atoms with van der Waals surface area (Å²) in [6.45, 7) is 7.13. The van der Waals surface area contributed by atoms with Gasteiger partial charge in [-0.1, -0.05) is 25.0 Å². The Kier molecular flexibility index (Phi) is 9.37. The number of aliphatic hydroxyl groups excluding tert-OH is 1. The zero-order valence-corrected chi connectivity index (χ0v) is 15.6. The van der Waals surface area contributed by atoms with Gasteiger partial charge >= 0.3 is 0 Å². The third-order valence-electron chi connectivity index (χ3n) is 5.02. The van der Waals surface area contributed by atoms with Crippen molar-refractivity contribution in [1.29, 1.82) is 0 Å². The van der Waals surface area contributed by atoms with E-state index in [-0.39, 0.29) is 18.1 Å². The Hall–Kier alpha value is -0.420. The molecule has 1 saturated heterocycles. The SMILES string of the molecule is COC(CC=C(C)C)(OC)C(C)CCCC1OCCCCC1O. The van der Waals surface area contributed by atoms with E-state index in [1.165, 1.54) is 5.57 Å². The Bertz CT molecular complexity index is 345. The summed E-state index contributed by atoms with van der Waals surface area (Å²) in [6.07, 6.45) is 8.48. The first-order valence-electron chi connectivity index (χ1n) is 8.98. The van der Waals surface area contributed by atoms with Crippen molar-refractivity contribution < 1.29 is 19.3 Å². The lowest BCUT2D eigenvalue weighted by Crippen LogP contribution is -2.40. The largest absolute Gasteiger partial charge is 0.390 e. The Balaban J connectivity index is 2.51. The fourth-order valence-corrected chi connectivity index (χ4v) is 3.31. The van der Waals surface area contributed by atoms with Crippen molar-refractivity contribution in [3.63, 3.8) is 0 Å². The first kappa shape index (κ1) is 20.6. The molecule has 3 unspecified atom stereocenters. The van der Waals surface area contributed by atoms with Gasteiger partial charge in [0.1, 0.15) is 0 Å². The van der Waals surface area contributed by atoms with E-state index in [4.69, 9.17) is 14.2 Å². The molecule has 0 aromatic carbocycles. The second kappa shape index (κ2) is 10.4. The molecule has 1 fully saturated rings. The molecule has 1 rings (SSSR count). The summed E-state index contributed by atoms with van der Waals surface area (Å²) < 4.78 is 17.3. The second-order valence-corrected chi connectivity index (χ2v) is 7.01. The molecule has 3 atom stereocenters. The average Bonchev–Trinajstić information content (AvgIpc) is 2.73. The molecule has 4 nitrogen and oxygen atoms in total. The number of ether oxygens (including phenoxy) is 3. The van der Waals surface area contributed by atoms with Crippen LogP contribution in [-0.4, -0.2) is 43.9 Å². The Morgan fingerprint density at radius 3 is 2.61 bits per heavy atom. The molecule has 1 aliphatic rings. The van der Waals surface area contributed by atoms with Gasteiger partial charge in [0.2, 0.25) is 0 Å². The van der Waals surface area contributed by atoms with Crippen LogP contribution in [-0.2, 0) is 14.2 Å². The molecule has 4 heteroatoms. The van der Waals surface area contributed by atoms with Crippen LogP contribution in [0.3, 0.4) is 0 Å². The van der Waals surface area contributed by atoms with Gasteiger partial charge in [-0.05, 0) is 46.0 Å². The van der Waals surface area contributed by atoms with Crippen LogP contribution in [0.5, 0.6) is 0 Å². The van der Waals surface area contributed by atoms with Gasteiger partial charge in [0.25, 0.3) is 0 Å². The van der Waals surface area contributed by atoms with E-state index < -0.39 is 5.79 Å². The lowest BCUT2D eigenvalue weighted by molar-refractivity contribution is -0.235. The van der Waals surface area contributed by atoms with Gasteiger partial charge in [0, 0.05) is 33.2 Å². The van der Waals surface area contributed by atoms with Gasteiger partial charge in [-0.3, -0.25) is 0 Å². The highest BCUT2D eigenvalue weighted by Gasteiger charge is 2.35. The predicted octanol–water partition coefficient (Wildman–Crippen LogP) is 4.07. The van der Waals surface area contributed by atoms with Crippen molar-refractivity contribution in [2.45, 2.75) is 83.7 Å². The third-order valence-corrected chi connectivity index (χ3v) is 5.02. The standard InChI is InChI=1S/C19H36O4/c1-15(2)12-13-19(21-4,22-5)16(3)9-8-11-18-17(20)10-6-7-14-23-18/h12,16-18,20H,6-11,13-14H2,1-5H3. The van der Waals surface area contributed by atoms with Crippen LogP contribution in [0.2, 0.25) is 0 Å². The van der Waals surface area contributed by atoms with Crippen molar-refractivity contribution in [2.75, 3.05) is 20.8 Å². The highest BCUT2D eigenvalue weighted by Crippen LogP contribution is 2.32. The Labute approximate surface area is 142 Å². The van der Waals surface area contributed by atoms with Gasteiger partial charge in [-0.25, -0.2) is 0 Å². The fourth-order valence-electron chi connectivity index (χ4n) is 3.31. The van der Waals surface area contributed by atoms with Crippen LogP contribution < -0.4 is 0 Å². The van der Waals surface area contributed by atoms with Crippen molar-refractivity contribution in [3.8, 4) is 0 Å². The molecule has 0 aromatic heterocycles. The molecular weight excluding hydrogens is 292 g/mol. The first-order chi connectivity index (χ1) is 10.9. The van der Waals surface area contributed by atoms with E-state index in [2.05, 4.69) is 26.8 Å². The van der Waals surface area contributed by atoms with Gasteiger partial charge in [0.05, 0.1) is 12.2 Å².